The van der Waals surface area contributed by atoms with Crippen LogP contribution in [0.4, 0.5) is 10.5 Å². The van der Waals surface area contributed by atoms with Crippen LogP contribution in [0.2, 0.25) is 5.02 Å². The number of urea groups is 1. The Bertz CT molecular complexity index is 393. The van der Waals surface area contributed by atoms with Crippen molar-refractivity contribution in [1.29, 1.82) is 0 Å². The molecule has 1 rings (SSSR count). The van der Waals surface area contributed by atoms with Gasteiger partial charge in [-0.2, -0.15) is 0 Å². The van der Waals surface area contributed by atoms with E-state index < -0.39 is 11.6 Å². The molecule has 18 heavy (non-hydrogen) atoms. The molecule has 1 atom stereocenters. The van der Waals surface area contributed by atoms with Gasteiger partial charge in [0, 0.05) is 17.8 Å². The number of carbonyl (C=O) groups excluding carboxylic acids is 1. The highest BCUT2D eigenvalue weighted by Crippen LogP contribution is 2.13. The van der Waals surface area contributed by atoms with Crippen LogP contribution < -0.4 is 10.6 Å². The van der Waals surface area contributed by atoms with Crippen LogP contribution in [0.5, 0.6) is 0 Å². The Morgan fingerprint density at radius 1 is 1.44 bits per heavy atom. The molecular weight excluding hydrogens is 256 g/mol. The van der Waals surface area contributed by atoms with Crippen molar-refractivity contribution < 1.29 is 14.6 Å². The third-order valence-electron chi connectivity index (χ3n) is 2.19. The van der Waals surface area contributed by atoms with E-state index in [4.69, 9.17) is 16.3 Å². The molecule has 0 fully saturated rings. The first-order valence-electron chi connectivity index (χ1n) is 5.45. The van der Waals surface area contributed by atoms with Gasteiger partial charge in [-0.05, 0) is 31.2 Å². The number of methoxy groups -OCH3 is 1. The number of amides is 2. The van der Waals surface area contributed by atoms with Gasteiger partial charge in [0.25, 0.3) is 0 Å². The average Bonchev–Trinajstić information content (AvgIpc) is 2.30. The van der Waals surface area contributed by atoms with Crippen molar-refractivity contribution in [2.45, 2.75) is 12.5 Å². The van der Waals surface area contributed by atoms with E-state index >= 15 is 0 Å². The average molecular weight is 273 g/mol. The third kappa shape index (κ3) is 5.35. The van der Waals surface area contributed by atoms with Crippen LogP contribution in [0.15, 0.2) is 24.3 Å². The molecule has 100 valence electrons. The van der Waals surface area contributed by atoms with Crippen molar-refractivity contribution >= 4 is 23.3 Å². The summed E-state index contributed by atoms with van der Waals surface area (Å²) in [5, 5.41) is 15.6. The molecule has 0 bridgehead atoms. The summed E-state index contributed by atoms with van der Waals surface area (Å²) in [6.45, 7) is 1.83. The molecule has 1 aromatic rings. The highest BCUT2D eigenvalue weighted by molar-refractivity contribution is 6.30. The summed E-state index contributed by atoms with van der Waals surface area (Å²) in [5.74, 6) is 0. The van der Waals surface area contributed by atoms with Gasteiger partial charge in [-0.25, -0.2) is 4.79 Å². The Morgan fingerprint density at radius 2 is 2.06 bits per heavy atom. The Kier molecular flexibility index (Phi) is 5.40. The van der Waals surface area contributed by atoms with Gasteiger partial charge in [-0.3, -0.25) is 0 Å². The van der Waals surface area contributed by atoms with Crippen LogP contribution in [0.25, 0.3) is 0 Å². The van der Waals surface area contributed by atoms with E-state index in [1.54, 1.807) is 31.2 Å². The largest absolute Gasteiger partial charge is 0.386 e. The summed E-state index contributed by atoms with van der Waals surface area (Å²) >= 11 is 5.73. The lowest BCUT2D eigenvalue weighted by molar-refractivity contribution is -0.0133. The lowest BCUT2D eigenvalue weighted by atomic mass is 10.1. The molecule has 6 heteroatoms. The first kappa shape index (κ1) is 14.8. The summed E-state index contributed by atoms with van der Waals surface area (Å²) < 4.78 is 4.83. The van der Waals surface area contributed by atoms with E-state index in [1.807, 2.05) is 0 Å². The van der Waals surface area contributed by atoms with Crippen LogP contribution in [-0.2, 0) is 4.74 Å². The maximum Gasteiger partial charge on any atom is 0.319 e. The lowest BCUT2D eigenvalue weighted by Gasteiger charge is -2.22. The second kappa shape index (κ2) is 6.58. The number of hydrogen-bond acceptors (Lipinski definition) is 3. The molecule has 0 heterocycles. The normalized spacial score (nSPS) is 13.8. The van der Waals surface area contributed by atoms with Crippen molar-refractivity contribution in [2.24, 2.45) is 0 Å². The maximum atomic E-state index is 11.5. The smallest absolute Gasteiger partial charge is 0.319 e. The molecule has 0 saturated heterocycles. The minimum absolute atomic E-state index is 0.0975. The summed E-state index contributed by atoms with van der Waals surface area (Å²) in [6.07, 6.45) is 0. The van der Waals surface area contributed by atoms with Crippen molar-refractivity contribution in [3.8, 4) is 0 Å². The Labute approximate surface area is 111 Å². The van der Waals surface area contributed by atoms with E-state index in [0.29, 0.717) is 10.7 Å². The Balaban J connectivity index is 2.40. The third-order valence-corrected chi connectivity index (χ3v) is 2.44. The molecule has 0 saturated carbocycles. The summed E-state index contributed by atoms with van der Waals surface area (Å²) in [4.78, 5) is 11.5. The summed E-state index contributed by atoms with van der Waals surface area (Å²) in [6, 6.07) is 6.34. The molecule has 0 aliphatic heterocycles. The monoisotopic (exact) mass is 272 g/mol. The molecular formula is C12H17ClN2O3. The van der Waals surface area contributed by atoms with Crippen LogP contribution >= 0.6 is 11.6 Å². The molecule has 0 aliphatic rings. The number of ether oxygens (including phenoxy) is 1. The van der Waals surface area contributed by atoms with E-state index in [2.05, 4.69) is 10.6 Å². The Hall–Kier alpha value is -1.30. The van der Waals surface area contributed by atoms with Crippen molar-refractivity contribution in [1.82, 2.24) is 5.32 Å². The van der Waals surface area contributed by atoms with Gasteiger partial charge in [-0.15, -0.1) is 0 Å². The summed E-state index contributed by atoms with van der Waals surface area (Å²) in [7, 11) is 1.49. The predicted octanol–water partition coefficient (Wildman–Crippen LogP) is 1.86. The molecule has 0 radical (unpaired) electrons. The van der Waals surface area contributed by atoms with Gasteiger partial charge in [0.2, 0.25) is 0 Å². The topological polar surface area (TPSA) is 70.6 Å². The number of halogens is 1. The number of aliphatic hydroxyl groups is 1. The number of carbonyl (C=O) groups is 1. The molecule has 0 spiro atoms. The predicted molar refractivity (Wildman–Crippen MR) is 71.0 cm³/mol. The van der Waals surface area contributed by atoms with Crippen molar-refractivity contribution in [2.75, 3.05) is 25.6 Å². The van der Waals surface area contributed by atoms with E-state index in [-0.39, 0.29) is 13.2 Å². The molecule has 1 unspecified atom stereocenters. The minimum atomic E-state index is -1.09. The maximum absolute atomic E-state index is 11.5. The van der Waals surface area contributed by atoms with Gasteiger partial charge in [-0.1, -0.05) is 11.6 Å². The first-order chi connectivity index (χ1) is 8.43. The number of nitrogens with one attached hydrogen (secondary N) is 2. The van der Waals surface area contributed by atoms with Crippen LogP contribution in [-0.4, -0.2) is 37.0 Å². The van der Waals surface area contributed by atoms with Gasteiger partial charge in [0.1, 0.15) is 5.60 Å². The molecule has 0 aliphatic carbocycles. The quantitative estimate of drug-likeness (QED) is 0.766. The SMILES string of the molecule is COCC(C)(O)CNC(=O)Nc1ccc(Cl)cc1. The molecule has 1 aromatic carbocycles. The lowest BCUT2D eigenvalue weighted by Crippen LogP contribution is -2.45. The van der Waals surface area contributed by atoms with E-state index in [0.717, 1.165) is 0 Å². The zero-order valence-corrected chi connectivity index (χ0v) is 11.1. The highest BCUT2D eigenvalue weighted by Gasteiger charge is 2.20. The van der Waals surface area contributed by atoms with Crippen molar-refractivity contribution in [3.63, 3.8) is 0 Å². The van der Waals surface area contributed by atoms with Gasteiger partial charge in [0.15, 0.2) is 0 Å². The molecule has 0 aromatic heterocycles. The van der Waals surface area contributed by atoms with E-state index in [9.17, 15) is 9.90 Å². The molecule has 2 amide bonds. The fourth-order valence-corrected chi connectivity index (χ4v) is 1.47. The van der Waals surface area contributed by atoms with Crippen molar-refractivity contribution in [3.05, 3.63) is 29.3 Å². The van der Waals surface area contributed by atoms with Crippen LogP contribution in [0, 0.1) is 0 Å². The fraction of sp³-hybridized carbons (Fsp3) is 0.417. The second-order valence-electron chi connectivity index (χ2n) is 4.24. The second-order valence-corrected chi connectivity index (χ2v) is 4.68. The highest BCUT2D eigenvalue weighted by atomic mass is 35.5. The van der Waals surface area contributed by atoms with Crippen LogP contribution in [0.3, 0.4) is 0 Å². The Morgan fingerprint density at radius 3 is 2.61 bits per heavy atom. The molecule has 5 nitrogen and oxygen atoms in total. The van der Waals surface area contributed by atoms with Gasteiger partial charge in [0.05, 0.1) is 13.2 Å². The number of anilines is 1. The number of hydrogen-bond donors (Lipinski definition) is 3. The number of benzene rings is 1. The first-order valence-corrected chi connectivity index (χ1v) is 5.82. The zero-order chi connectivity index (χ0) is 13.6. The van der Waals surface area contributed by atoms with E-state index in [1.165, 1.54) is 7.11 Å². The number of rotatable bonds is 5. The fourth-order valence-electron chi connectivity index (χ4n) is 1.34. The van der Waals surface area contributed by atoms with Gasteiger partial charge < -0.3 is 20.5 Å². The molecule has 3 N–H and O–H groups in total. The van der Waals surface area contributed by atoms with Crippen LogP contribution in [0.1, 0.15) is 6.92 Å². The standard InChI is InChI=1S/C12H17ClN2O3/c1-12(17,8-18-2)7-14-11(16)15-10-5-3-9(13)4-6-10/h3-6,17H,7-8H2,1-2H3,(H2,14,15,16). The summed E-state index contributed by atoms with van der Waals surface area (Å²) in [5.41, 5.74) is -0.463. The zero-order valence-electron chi connectivity index (χ0n) is 10.4. The minimum Gasteiger partial charge on any atom is -0.386 e. The van der Waals surface area contributed by atoms with Gasteiger partial charge >= 0.3 is 6.03 Å².